The third-order valence-corrected chi connectivity index (χ3v) is 10.4. The van der Waals surface area contributed by atoms with Crippen LogP contribution in [-0.4, -0.2) is 57.1 Å². The van der Waals surface area contributed by atoms with E-state index in [1.807, 2.05) is 36.7 Å². The standard InChI is InChI=1S/C22H29FO5.C9H8N2/c1-12-8-16-15-5-4-13-9-14(25)6-7-19(13,2)21(15,23)17(26)10-20(16,3)22(12,28)18(27)11-24;1-2-4-9-8(3-1)7-10-5-6-11-9/h6-7,9,12,15-17,24,26,28H,4-5,8,10-11H2,1-3H3;1-7,11H/t12-,15+,16+,17+,19+,20+,21+,22+;/m1./s1. The van der Waals surface area contributed by atoms with Gasteiger partial charge in [0.05, 0.1) is 6.10 Å². The summed E-state index contributed by atoms with van der Waals surface area (Å²) < 4.78 is 16.9. The van der Waals surface area contributed by atoms with Crippen molar-refractivity contribution in [2.24, 2.45) is 33.6 Å². The van der Waals surface area contributed by atoms with Crippen LogP contribution in [0.25, 0.3) is 0 Å². The molecule has 1 heterocycles. The molecule has 6 rings (SSSR count). The molecule has 208 valence electrons. The van der Waals surface area contributed by atoms with Crippen LogP contribution in [-0.2, 0) is 9.59 Å². The van der Waals surface area contributed by atoms with Gasteiger partial charge in [0.1, 0.15) is 12.2 Å². The second kappa shape index (κ2) is 9.61. The van der Waals surface area contributed by atoms with Crippen LogP contribution in [0.5, 0.6) is 0 Å². The van der Waals surface area contributed by atoms with Crippen molar-refractivity contribution in [2.75, 3.05) is 11.9 Å². The zero-order chi connectivity index (χ0) is 28.2. The number of anilines is 1. The third kappa shape index (κ3) is 3.83. The number of halogens is 1. The number of hydrogen-bond donors (Lipinski definition) is 4. The fourth-order valence-electron chi connectivity index (χ4n) is 8.30. The van der Waals surface area contributed by atoms with Crippen LogP contribution in [0.3, 0.4) is 0 Å². The van der Waals surface area contributed by atoms with Crippen molar-refractivity contribution in [2.45, 2.75) is 63.8 Å². The quantitative estimate of drug-likeness (QED) is 0.455. The number of benzene rings is 1. The molecule has 0 radical (unpaired) electrons. The molecular formula is C31H37FN2O5. The van der Waals surface area contributed by atoms with Gasteiger partial charge in [-0.25, -0.2) is 4.39 Å². The highest BCUT2D eigenvalue weighted by Gasteiger charge is 2.75. The lowest BCUT2D eigenvalue weighted by Gasteiger charge is -2.62. The lowest BCUT2D eigenvalue weighted by Crippen LogP contribution is -2.69. The first-order valence-corrected chi connectivity index (χ1v) is 13.6. The van der Waals surface area contributed by atoms with Gasteiger partial charge in [-0.05, 0) is 62.7 Å². The van der Waals surface area contributed by atoms with Crippen LogP contribution in [0.2, 0.25) is 0 Å². The van der Waals surface area contributed by atoms with Gasteiger partial charge in [0, 0.05) is 46.6 Å². The summed E-state index contributed by atoms with van der Waals surface area (Å²) in [6.45, 7) is 4.48. The Morgan fingerprint density at radius 1 is 1.23 bits per heavy atom. The Kier molecular flexibility index (Phi) is 6.81. The van der Waals surface area contributed by atoms with E-state index >= 15 is 4.39 Å². The van der Waals surface area contributed by atoms with E-state index in [1.165, 1.54) is 12.2 Å². The van der Waals surface area contributed by atoms with Crippen LogP contribution in [0.15, 0.2) is 65.5 Å². The van der Waals surface area contributed by atoms with E-state index in [2.05, 4.69) is 10.3 Å². The number of nitrogens with one attached hydrogen (secondary N) is 1. The van der Waals surface area contributed by atoms with Crippen molar-refractivity contribution in [3.8, 4) is 0 Å². The Hall–Kier alpha value is -2.94. The van der Waals surface area contributed by atoms with Crippen LogP contribution < -0.4 is 5.32 Å². The topological polar surface area (TPSA) is 119 Å². The summed E-state index contributed by atoms with van der Waals surface area (Å²) in [7, 11) is 0. The van der Waals surface area contributed by atoms with E-state index in [0.29, 0.717) is 24.8 Å². The van der Waals surface area contributed by atoms with Gasteiger partial charge in [-0.3, -0.25) is 14.6 Å². The molecule has 4 aliphatic carbocycles. The first-order chi connectivity index (χ1) is 18.4. The Bertz CT molecular complexity index is 1310. The molecule has 1 aliphatic heterocycles. The van der Waals surface area contributed by atoms with Gasteiger partial charge in [0.15, 0.2) is 17.2 Å². The molecule has 0 spiro atoms. The molecule has 3 saturated carbocycles. The SMILES string of the molecule is C1=CNc2ccccc2C=N1.C[C@@H]1C[C@H]2[C@@H]3CCC4=CC(=O)C=C[C@]4(C)[C@@]3(F)[C@@H](O)C[C@]2(C)[C@@]1(O)C(=O)CO. The summed E-state index contributed by atoms with van der Waals surface area (Å²) in [6, 6.07) is 8.05. The van der Waals surface area contributed by atoms with Crippen LogP contribution in [0, 0.1) is 28.6 Å². The van der Waals surface area contributed by atoms with E-state index in [1.54, 1.807) is 33.0 Å². The summed E-state index contributed by atoms with van der Waals surface area (Å²) in [6.07, 6.45) is 9.84. The minimum atomic E-state index is -1.98. The van der Waals surface area contributed by atoms with Gasteiger partial charge in [-0.1, -0.05) is 43.7 Å². The number of alkyl halides is 1. The predicted octanol–water partition coefficient (Wildman–Crippen LogP) is 3.90. The van der Waals surface area contributed by atoms with Gasteiger partial charge in [0.25, 0.3) is 0 Å². The monoisotopic (exact) mass is 536 g/mol. The second-order valence-electron chi connectivity index (χ2n) is 12.1. The Morgan fingerprint density at radius 2 is 1.97 bits per heavy atom. The Morgan fingerprint density at radius 3 is 2.72 bits per heavy atom. The summed E-state index contributed by atoms with van der Waals surface area (Å²) in [4.78, 5) is 28.4. The van der Waals surface area contributed by atoms with E-state index < -0.39 is 52.4 Å². The molecule has 0 saturated heterocycles. The van der Waals surface area contributed by atoms with Gasteiger partial charge in [-0.15, -0.1) is 0 Å². The number of fused-ring (bicyclic) bond motifs is 6. The molecule has 0 unspecified atom stereocenters. The summed E-state index contributed by atoms with van der Waals surface area (Å²) in [5, 5.41) is 35.1. The molecule has 0 aromatic heterocycles. The highest BCUT2D eigenvalue weighted by Crippen LogP contribution is 2.70. The summed E-state index contributed by atoms with van der Waals surface area (Å²) in [5.41, 5.74) is -2.94. The average molecular weight is 537 g/mol. The lowest BCUT2D eigenvalue weighted by atomic mass is 9.44. The highest BCUT2D eigenvalue weighted by atomic mass is 19.1. The number of aliphatic hydroxyl groups excluding tert-OH is 2. The molecule has 3 fully saturated rings. The molecule has 8 heteroatoms. The first kappa shape index (κ1) is 27.6. The number of rotatable bonds is 2. The van der Waals surface area contributed by atoms with Gasteiger partial charge < -0.3 is 20.6 Å². The normalized spacial score (nSPS) is 41.5. The number of nitrogens with zero attached hydrogens (tertiary/aromatic N) is 1. The second-order valence-corrected chi connectivity index (χ2v) is 12.1. The largest absolute Gasteiger partial charge is 0.390 e. The zero-order valence-corrected chi connectivity index (χ0v) is 22.6. The molecule has 4 N–H and O–H groups in total. The molecule has 0 bridgehead atoms. The molecule has 7 nitrogen and oxygen atoms in total. The number of aliphatic hydroxyl groups is 3. The van der Waals surface area contributed by atoms with E-state index in [9.17, 15) is 24.9 Å². The number of carbonyl (C=O) groups is 2. The number of Topliss-reactive ketones (excluding diaryl/α,β-unsaturated/α-hetero) is 1. The maximum absolute atomic E-state index is 16.9. The number of para-hydroxylation sites is 1. The maximum atomic E-state index is 16.9. The van der Waals surface area contributed by atoms with E-state index in [4.69, 9.17) is 0 Å². The van der Waals surface area contributed by atoms with Crippen molar-refractivity contribution in [3.05, 3.63) is 66.0 Å². The van der Waals surface area contributed by atoms with E-state index in [-0.39, 0.29) is 18.1 Å². The summed E-state index contributed by atoms with van der Waals surface area (Å²) in [5.74, 6) is -2.12. The number of ketones is 2. The maximum Gasteiger partial charge on any atom is 0.190 e. The Labute approximate surface area is 228 Å². The molecule has 39 heavy (non-hydrogen) atoms. The van der Waals surface area contributed by atoms with Crippen LogP contribution in [0.1, 0.15) is 52.0 Å². The van der Waals surface area contributed by atoms with Crippen molar-refractivity contribution in [3.63, 3.8) is 0 Å². The minimum absolute atomic E-state index is 0.0676. The van der Waals surface area contributed by atoms with E-state index in [0.717, 1.165) is 11.3 Å². The number of allylic oxidation sites excluding steroid dienone is 4. The molecule has 8 atom stereocenters. The Balaban J connectivity index is 0.000000233. The fourth-order valence-corrected chi connectivity index (χ4v) is 8.30. The molecular weight excluding hydrogens is 499 g/mol. The van der Waals surface area contributed by atoms with Crippen LogP contribution >= 0.6 is 0 Å². The minimum Gasteiger partial charge on any atom is -0.390 e. The predicted molar refractivity (Wildman–Crippen MR) is 147 cm³/mol. The number of aliphatic imine (C=N–C) groups is 1. The number of hydrogen-bond acceptors (Lipinski definition) is 7. The average Bonchev–Trinajstić information content (AvgIpc) is 3.07. The molecule has 1 aromatic carbocycles. The van der Waals surface area contributed by atoms with Crippen LogP contribution in [0.4, 0.5) is 10.1 Å². The van der Waals surface area contributed by atoms with Crippen molar-refractivity contribution in [1.29, 1.82) is 0 Å². The fraction of sp³-hybridized carbons (Fsp3) is 0.516. The first-order valence-electron chi connectivity index (χ1n) is 13.6. The summed E-state index contributed by atoms with van der Waals surface area (Å²) >= 11 is 0. The highest BCUT2D eigenvalue weighted by molar-refractivity contribution is 6.01. The van der Waals surface area contributed by atoms with Crippen molar-refractivity contribution in [1.82, 2.24) is 0 Å². The lowest BCUT2D eigenvalue weighted by molar-refractivity contribution is -0.219. The van der Waals surface area contributed by atoms with Gasteiger partial charge >= 0.3 is 0 Å². The molecule has 5 aliphatic rings. The smallest absolute Gasteiger partial charge is 0.190 e. The van der Waals surface area contributed by atoms with Crippen molar-refractivity contribution < 1.29 is 29.3 Å². The van der Waals surface area contributed by atoms with Crippen molar-refractivity contribution >= 4 is 23.5 Å². The molecule has 0 amide bonds. The molecule has 1 aromatic rings. The number of carbonyl (C=O) groups excluding carboxylic acids is 2. The van der Waals surface area contributed by atoms with Gasteiger partial charge in [0.2, 0.25) is 0 Å². The zero-order valence-electron chi connectivity index (χ0n) is 22.6. The van der Waals surface area contributed by atoms with Gasteiger partial charge in [-0.2, -0.15) is 0 Å². The third-order valence-electron chi connectivity index (χ3n) is 10.4.